The Morgan fingerprint density at radius 1 is 1.00 bits per heavy atom. The maximum atomic E-state index is 11.9. The number of carbonyl (C=O) groups is 2. The first-order valence-corrected chi connectivity index (χ1v) is 9.33. The average Bonchev–Trinajstić information content (AvgIpc) is 2.60. The molecule has 0 radical (unpaired) electrons. The number of hydrogen-bond acceptors (Lipinski definition) is 3. The van der Waals surface area contributed by atoms with Crippen molar-refractivity contribution < 1.29 is 19.8 Å². The molecule has 152 valence electrons. The van der Waals surface area contributed by atoms with Crippen LogP contribution in [-0.2, 0) is 11.2 Å². The number of primary amides is 1. The van der Waals surface area contributed by atoms with Crippen molar-refractivity contribution >= 4 is 22.6 Å². The third-order valence-corrected chi connectivity index (χ3v) is 4.17. The summed E-state index contributed by atoms with van der Waals surface area (Å²) in [6.45, 7) is 7.12. The number of carboxylic acid groups (broad SMARTS) is 1. The molecule has 29 heavy (non-hydrogen) atoms. The highest BCUT2D eigenvalue weighted by Gasteiger charge is 2.19. The van der Waals surface area contributed by atoms with Crippen LogP contribution in [0, 0.1) is 6.92 Å². The first-order valence-electron chi connectivity index (χ1n) is 9.33. The Morgan fingerprint density at radius 2 is 1.55 bits per heavy atom. The van der Waals surface area contributed by atoms with Gasteiger partial charge in [-0.1, -0.05) is 48.5 Å². The second-order valence-electron chi connectivity index (χ2n) is 7.92. The van der Waals surface area contributed by atoms with Gasteiger partial charge in [0.05, 0.1) is 12.0 Å². The minimum absolute atomic E-state index is 0.112. The van der Waals surface area contributed by atoms with Crippen molar-refractivity contribution in [3.8, 4) is 11.1 Å². The van der Waals surface area contributed by atoms with Gasteiger partial charge < -0.3 is 15.9 Å². The molecule has 4 N–H and O–H groups in total. The van der Waals surface area contributed by atoms with Gasteiger partial charge in [-0.05, 0) is 66.8 Å². The van der Waals surface area contributed by atoms with E-state index in [9.17, 15) is 14.7 Å². The molecule has 3 rings (SSSR count). The fraction of sp³-hybridized carbons (Fsp3) is 0.250. The zero-order valence-electron chi connectivity index (χ0n) is 17.2. The van der Waals surface area contributed by atoms with Gasteiger partial charge in [0.25, 0.3) is 0 Å². The first-order chi connectivity index (χ1) is 13.5. The highest BCUT2D eigenvalue weighted by molar-refractivity contribution is 6.07. The van der Waals surface area contributed by atoms with Crippen molar-refractivity contribution in [2.75, 3.05) is 0 Å². The predicted molar refractivity (Wildman–Crippen MR) is 116 cm³/mol. The van der Waals surface area contributed by atoms with Gasteiger partial charge in [0.1, 0.15) is 0 Å². The molecule has 0 saturated carbocycles. The first kappa shape index (κ1) is 22.1. The van der Waals surface area contributed by atoms with Gasteiger partial charge in [-0.15, -0.1) is 0 Å². The third kappa shape index (κ3) is 5.90. The lowest BCUT2D eigenvalue weighted by Crippen LogP contribution is -2.13. The van der Waals surface area contributed by atoms with Crippen molar-refractivity contribution in [1.29, 1.82) is 0 Å². The van der Waals surface area contributed by atoms with Crippen LogP contribution in [-0.4, -0.2) is 27.7 Å². The Hall–Kier alpha value is -3.18. The van der Waals surface area contributed by atoms with Crippen molar-refractivity contribution in [1.82, 2.24) is 0 Å². The Kier molecular flexibility index (Phi) is 6.77. The lowest BCUT2D eigenvalue weighted by molar-refractivity contribution is -0.136. The van der Waals surface area contributed by atoms with Crippen molar-refractivity contribution in [2.45, 2.75) is 39.7 Å². The van der Waals surface area contributed by atoms with Crippen LogP contribution in [0.4, 0.5) is 0 Å². The molecule has 0 unspecified atom stereocenters. The van der Waals surface area contributed by atoms with Crippen LogP contribution in [0.25, 0.3) is 21.9 Å². The van der Waals surface area contributed by atoms with E-state index in [-0.39, 0.29) is 6.42 Å². The van der Waals surface area contributed by atoms with E-state index >= 15 is 0 Å². The van der Waals surface area contributed by atoms with Gasteiger partial charge in [-0.25, -0.2) is 0 Å². The second-order valence-corrected chi connectivity index (χ2v) is 7.92. The highest BCUT2D eigenvalue weighted by Crippen LogP contribution is 2.36. The minimum atomic E-state index is -0.911. The number of carboxylic acids is 1. The quantitative estimate of drug-likeness (QED) is 0.614. The molecule has 0 atom stereocenters. The molecule has 0 spiro atoms. The molecule has 0 fully saturated rings. The van der Waals surface area contributed by atoms with Crippen LogP contribution in [0.3, 0.4) is 0 Å². The van der Waals surface area contributed by atoms with E-state index in [0.717, 1.165) is 21.9 Å². The molecular formula is C24H27NO4. The molecule has 5 nitrogen and oxygen atoms in total. The maximum absolute atomic E-state index is 11.9. The number of fused-ring (bicyclic) bond motifs is 1. The summed E-state index contributed by atoms with van der Waals surface area (Å²) in [5, 5.41) is 19.8. The predicted octanol–water partition coefficient (Wildman–Crippen LogP) is 4.32. The smallest absolute Gasteiger partial charge is 0.307 e. The zero-order chi connectivity index (χ0) is 21.8. The van der Waals surface area contributed by atoms with E-state index in [2.05, 4.69) is 0 Å². The van der Waals surface area contributed by atoms with Gasteiger partial charge >= 0.3 is 5.97 Å². The van der Waals surface area contributed by atoms with Gasteiger partial charge in [0, 0.05) is 5.56 Å². The van der Waals surface area contributed by atoms with E-state index in [1.54, 1.807) is 32.9 Å². The molecule has 1 amide bonds. The molecule has 0 aliphatic rings. The zero-order valence-corrected chi connectivity index (χ0v) is 17.2. The lowest BCUT2D eigenvalue weighted by Gasteiger charge is -2.17. The maximum Gasteiger partial charge on any atom is 0.307 e. The summed E-state index contributed by atoms with van der Waals surface area (Å²) in [6, 6.07) is 16.8. The molecule has 0 saturated heterocycles. The largest absolute Gasteiger partial charge is 0.481 e. The van der Waals surface area contributed by atoms with Crippen LogP contribution in [0.15, 0.2) is 54.6 Å². The lowest BCUT2D eigenvalue weighted by atomic mass is 9.86. The summed E-state index contributed by atoms with van der Waals surface area (Å²) in [5.74, 6) is -1.44. The van der Waals surface area contributed by atoms with Crippen LogP contribution >= 0.6 is 0 Å². The third-order valence-electron chi connectivity index (χ3n) is 4.17. The molecule has 0 heterocycles. The number of aliphatic carboxylic acids is 1. The molecule has 0 aliphatic carbocycles. The summed E-state index contributed by atoms with van der Waals surface area (Å²) in [4.78, 5) is 23.2. The van der Waals surface area contributed by atoms with Gasteiger partial charge in [0.2, 0.25) is 5.91 Å². The Labute approximate surface area is 170 Å². The Morgan fingerprint density at radius 3 is 2.14 bits per heavy atom. The average molecular weight is 393 g/mol. The number of benzene rings is 3. The van der Waals surface area contributed by atoms with Crippen LogP contribution < -0.4 is 5.73 Å². The molecule has 0 aliphatic heterocycles. The fourth-order valence-electron chi connectivity index (χ4n) is 3.13. The van der Waals surface area contributed by atoms with E-state index in [1.165, 1.54) is 0 Å². The normalized spacial score (nSPS) is 10.9. The Bertz CT molecular complexity index is 1040. The fourth-order valence-corrected chi connectivity index (χ4v) is 3.13. The highest BCUT2D eigenvalue weighted by atomic mass is 16.4. The number of nitrogens with two attached hydrogens (primary N) is 1. The molecular weight excluding hydrogens is 366 g/mol. The van der Waals surface area contributed by atoms with E-state index < -0.39 is 17.5 Å². The van der Waals surface area contributed by atoms with Gasteiger partial charge in [0.15, 0.2) is 0 Å². The van der Waals surface area contributed by atoms with E-state index in [4.69, 9.17) is 10.8 Å². The van der Waals surface area contributed by atoms with Crippen molar-refractivity contribution in [2.24, 2.45) is 5.73 Å². The van der Waals surface area contributed by atoms with Gasteiger partial charge in [-0.2, -0.15) is 0 Å². The van der Waals surface area contributed by atoms with E-state index in [1.807, 2.05) is 49.4 Å². The molecule has 5 heteroatoms. The number of carbonyl (C=O) groups excluding carboxylic acids is 1. The minimum Gasteiger partial charge on any atom is -0.481 e. The number of amides is 1. The molecule has 0 aromatic heterocycles. The van der Waals surface area contributed by atoms with Crippen molar-refractivity contribution in [3.05, 3.63) is 71.3 Å². The summed E-state index contributed by atoms with van der Waals surface area (Å²) >= 11 is 0. The van der Waals surface area contributed by atoms with Crippen LogP contribution in [0.1, 0.15) is 42.3 Å². The SMILES string of the molecule is CC(C)(C)O.Cc1cc2ccccc2c(-c2ccccc2C(N)=O)c1CC(=O)O. The van der Waals surface area contributed by atoms with Crippen LogP contribution in [0.5, 0.6) is 0 Å². The van der Waals surface area contributed by atoms with E-state index in [0.29, 0.717) is 16.7 Å². The summed E-state index contributed by atoms with van der Waals surface area (Å²) in [7, 11) is 0. The number of hydrogen-bond donors (Lipinski definition) is 3. The second kappa shape index (κ2) is 8.88. The van der Waals surface area contributed by atoms with Gasteiger partial charge in [-0.3, -0.25) is 9.59 Å². The molecule has 0 bridgehead atoms. The number of aliphatic hydroxyl groups is 1. The number of rotatable bonds is 4. The topological polar surface area (TPSA) is 101 Å². The molecule has 3 aromatic rings. The summed E-state index contributed by atoms with van der Waals surface area (Å²) < 4.78 is 0. The Balaban J connectivity index is 0.000000537. The monoisotopic (exact) mass is 393 g/mol. The standard InChI is InChI=1S/C20H17NO3.C4H10O/c1-12-10-13-6-2-3-7-14(13)19(17(12)11-18(22)23)15-8-4-5-9-16(15)20(21)24;1-4(2,3)5/h2-10H,11H2,1H3,(H2,21,24)(H,22,23);5H,1-3H3. The van der Waals surface area contributed by atoms with Crippen molar-refractivity contribution in [3.63, 3.8) is 0 Å². The molecule has 3 aromatic carbocycles. The number of aryl methyl sites for hydroxylation is 1. The van der Waals surface area contributed by atoms with Crippen LogP contribution in [0.2, 0.25) is 0 Å². The summed E-state index contributed by atoms with van der Waals surface area (Å²) in [5.41, 5.74) is 8.44. The summed E-state index contributed by atoms with van der Waals surface area (Å²) in [6.07, 6.45) is -0.112.